The van der Waals surface area contributed by atoms with Crippen molar-refractivity contribution in [2.75, 3.05) is 6.61 Å². The monoisotopic (exact) mass is 507 g/mol. The summed E-state index contributed by atoms with van der Waals surface area (Å²) in [5.74, 6) is -2.91. The topological polar surface area (TPSA) is 84.1 Å². The Kier molecular flexibility index (Phi) is 6.99. The van der Waals surface area contributed by atoms with Crippen LogP contribution in [0.3, 0.4) is 0 Å². The Morgan fingerprint density at radius 2 is 1.81 bits per heavy atom. The minimum absolute atomic E-state index is 0.0839. The fourth-order valence-electron chi connectivity index (χ4n) is 3.21. The van der Waals surface area contributed by atoms with Crippen molar-refractivity contribution in [3.63, 3.8) is 0 Å². The number of ether oxygens (including phenoxy) is 2. The number of hydrogen-bond acceptors (Lipinski definition) is 6. The third-order valence-electron chi connectivity index (χ3n) is 4.88. The molecule has 1 aromatic carbocycles. The molecule has 0 N–H and O–H groups in total. The predicted molar refractivity (Wildman–Crippen MR) is 116 cm³/mol. The zero-order valence-electron chi connectivity index (χ0n) is 18.7. The van der Waals surface area contributed by atoms with Crippen molar-refractivity contribution < 1.29 is 31.4 Å². The fraction of sp³-hybridized carbons (Fsp3) is 0.217. The molecule has 0 amide bonds. The van der Waals surface area contributed by atoms with Gasteiger partial charge in [0.15, 0.2) is 11.6 Å². The molecule has 0 aliphatic heterocycles. The Labute approximate surface area is 200 Å². The van der Waals surface area contributed by atoms with Crippen LogP contribution in [-0.4, -0.2) is 30.9 Å². The van der Waals surface area contributed by atoms with Gasteiger partial charge in [-0.05, 0) is 23.8 Å². The molecule has 0 unspecified atom stereocenters. The van der Waals surface area contributed by atoms with Crippen LogP contribution in [-0.2, 0) is 26.2 Å². The summed E-state index contributed by atoms with van der Waals surface area (Å²) in [5, 5.41) is 3.98. The molecular weight excluding hydrogens is 489 g/mol. The Morgan fingerprint density at radius 1 is 1.00 bits per heavy atom. The second-order valence-electron chi connectivity index (χ2n) is 7.65. The van der Waals surface area contributed by atoms with Crippen molar-refractivity contribution in [2.45, 2.75) is 19.1 Å². The summed E-state index contributed by atoms with van der Waals surface area (Å²) in [7, 11) is 1.71. The van der Waals surface area contributed by atoms with E-state index in [0.717, 1.165) is 29.0 Å². The van der Waals surface area contributed by atoms with Gasteiger partial charge in [-0.2, -0.15) is 27.6 Å². The number of aromatic nitrogens is 5. The molecule has 0 aliphatic rings. The zero-order valence-corrected chi connectivity index (χ0v) is 18.7. The molecular formula is C23H18F5N5O3. The highest BCUT2D eigenvalue weighted by molar-refractivity contribution is 5.33. The van der Waals surface area contributed by atoms with Crippen LogP contribution >= 0.6 is 0 Å². The van der Waals surface area contributed by atoms with E-state index in [1.807, 2.05) is 0 Å². The molecule has 3 heterocycles. The van der Waals surface area contributed by atoms with Crippen molar-refractivity contribution in [1.82, 2.24) is 24.3 Å². The first-order valence-corrected chi connectivity index (χ1v) is 10.5. The van der Waals surface area contributed by atoms with E-state index in [1.165, 1.54) is 18.2 Å². The van der Waals surface area contributed by atoms with E-state index in [4.69, 9.17) is 9.47 Å². The molecule has 0 atom stereocenters. The zero-order chi connectivity index (χ0) is 25.9. The number of nitrogens with zero attached hydrogens (tertiary/aromatic N) is 5. The summed E-state index contributed by atoms with van der Waals surface area (Å²) in [5.41, 5.74) is -0.763. The Bertz CT molecular complexity index is 1430. The summed E-state index contributed by atoms with van der Waals surface area (Å²) < 4.78 is 80.2. The fourth-order valence-corrected chi connectivity index (χ4v) is 3.21. The van der Waals surface area contributed by atoms with Crippen LogP contribution < -0.4 is 15.2 Å². The van der Waals surface area contributed by atoms with Crippen LogP contribution in [0.25, 0.3) is 0 Å². The number of aryl methyl sites for hydroxylation is 1. The smallest absolute Gasteiger partial charge is 0.433 e. The van der Waals surface area contributed by atoms with Gasteiger partial charge >= 0.3 is 11.9 Å². The number of halogens is 5. The van der Waals surface area contributed by atoms with Crippen molar-refractivity contribution in [3.8, 4) is 17.5 Å². The molecule has 3 aromatic heterocycles. The van der Waals surface area contributed by atoms with E-state index in [2.05, 4.69) is 15.1 Å². The van der Waals surface area contributed by atoms with Gasteiger partial charge in [0.1, 0.15) is 5.69 Å². The first-order valence-electron chi connectivity index (χ1n) is 10.5. The van der Waals surface area contributed by atoms with Crippen LogP contribution in [0.4, 0.5) is 22.0 Å². The molecule has 4 aromatic rings. The van der Waals surface area contributed by atoms with Gasteiger partial charge in [0.2, 0.25) is 11.7 Å². The molecule has 0 saturated carbocycles. The number of alkyl halides is 3. The molecule has 8 nitrogen and oxygen atoms in total. The maximum absolute atomic E-state index is 14.4. The molecule has 0 saturated heterocycles. The summed E-state index contributed by atoms with van der Waals surface area (Å²) >= 11 is 0. The lowest BCUT2D eigenvalue weighted by Crippen LogP contribution is -2.24. The van der Waals surface area contributed by atoms with Crippen molar-refractivity contribution >= 4 is 0 Å². The molecule has 0 spiro atoms. The van der Waals surface area contributed by atoms with E-state index in [9.17, 15) is 26.7 Å². The Hall–Kier alpha value is -4.29. The minimum Gasteiger partial charge on any atom is -0.475 e. The van der Waals surface area contributed by atoms with E-state index in [1.54, 1.807) is 24.1 Å². The molecule has 0 fully saturated rings. The molecule has 0 bridgehead atoms. The second-order valence-corrected chi connectivity index (χ2v) is 7.65. The van der Waals surface area contributed by atoms with E-state index >= 15 is 0 Å². The number of hydrogen-bond donors (Lipinski definition) is 0. The van der Waals surface area contributed by atoms with Gasteiger partial charge in [-0.3, -0.25) is 9.25 Å². The number of benzene rings is 1. The lowest BCUT2D eigenvalue weighted by Gasteiger charge is -2.11. The maximum atomic E-state index is 14.4. The first kappa shape index (κ1) is 24.8. The first-order chi connectivity index (χ1) is 17.1. The highest BCUT2D eigenvalue weighted by Gasteiger charge is 2.32. The van der Waals surface area contributed by atoms with Gasteiger partial charge in [-0.1, -0.05) is 12.1 Å². The minimum atomic E-state index is -4.67. The largest absolute Gasteiger partial charge is 0.475 e. The highest BCUT2D eigenvalue weighted by Crippen LogP contribution is 2.30. The maximum Gasteiger partial charge on any atom is 0.433 e. The van der Waals surface area contributed by atoms with Crippen LogP contribution in [0.1, 0.15) is 16.8 Å². The van der Waals surface area contributed by atoms with Gasteiger partial charge < -0.3 is 9.47 Å². The van der Waals surface area contributed by atoms with Gasteiger partial charge in [-0.15, -0.1) is 0 Å². The van der Waals surface area contributed by atoms with Gasteiger partial charge in [0.05, 0.1) is 25.5 Å². The predicted octanol–water partition coefficient (Wildman–Crippen LogP) is 4.13. The number of pyridine rings is 1. The molecule has 0 aliphatic carbocycles. The van der Waals surface area contributed by atoms with Crippen molar-refractivity contribution in [3.05, 3.63) is 93.9 Å². The summed E-state index contributed by atoms with van der Waals surface area (Å²) in [6.07, 6.45) is -0.341. The van der Waals surface area contributed by atoms with Crippen LogP contribution in [0.2, 0.25) is 0 Å². The van der Waals surface area contributed by atoms with Gasteiger partial charge in [0, 0.05) is 31.3 Å². The Balaban J connectivity index is 1.36. The van der Waals surface area contributed by atoms with Crippen molar-refractivity contribution in [1.29, 1.82) is 0 Å². The molecule has 188 valence electrons. The summed E-state index contributed by atoms with van der Waals surface area (Å²) in [4.78, 5) is 19.1. The normalized spacial score (nSPS) is 11.5. The summed E-state index contributed by atoms with van der Waals surface area (Å²) in [6.45, 7) is -0.0363. The quantitative estimate of drug-likeness (QED) is 0.334. The SMILES string of the molecule is Cn1cc(Cn2cc(F)c(OCCc3ccc(Oc4cccc(C(F)(F)F)n4)c(F)c3)nc2=O)cn1. The number of rotatable bonds is 8. The average molecular weight is 507 g/mol. The van der Waals surface area contributed by atoms with Crippen LogP contribution in [0.5, 0.6) is 17.5 Å². The van der Waals surface area contributed by atoms with Crippen LogP contribution in [0.15, 0.2) is 59.8 Å². The van der Waals surface area contributed by atoms with Gasteiger partial charge in [-0.25, -0.2) is 14.2 Å². The van der Waals surface area contributed by atoms with E-state index < -0.39 is 41.0 Å². The summed E-state index contributed by atoms with van der Waals surface area (Å²) in [6, 6.07) is 6.83. The molecule has 36 heavy (non-hydrogen) atoms. The van der Waals surface area contributed by atoms with Crippen LogP contribution in [0, 0.1) is 11.6 Å². The second kappa shape index (κ2) is 10.1. The van der Waals surface area contributed by atoms with E-state index in [0.29, 0.717) is 11.1 Å². The highest BCUT2D eigenvalue weighted by atomic mass is 19.4. The average Bonchev–Trinajstić information content (AvgIpc) is 3.23. The Morgan fingerprint density at radius 3 is 2.50 bits per heavy atom. The molecule has 0 radical (unpaired) electrons. The molecule has 13 heteroatoms. The lowest BCUT2D eigenvalue weighted by molar-refractivity contribution is -0.141. The van der Waals surface area contributed by atoms with Gasteiger partial charge in [0.25, 0.3) is 5.88 Å². The third kappa shape index (κ3) is 6.03. The molecule has 4 rings (SSSR count). The standard InChI is InChI=1S/C23H18F5N5O3/c1-32-11-15(10-29-32)12-33-13-17(25)21(31-22(33)34)35-8-7-14-5-6-18(16(24)9-14)36-20-4-2-3-19(30-20)23(26,27)28/h2-6,9-11,13H,7-8,12H2,1H3. The lowest BCUT2D eigenvalue weighted by atomic mass is 10.1. The van der Waals surface area contributed by atoms with Crippen molar-refractivity contribution in [2.24, 2.45) is 7.05 Å². The van der Waals surface area contributed by atoms with E-state index in [-0.39, 0.29) is 25.3 Å². The third-order valence-corrected chi connectivity index (χ3v) is 4.88.